The van der Waals surface area contributed by atoms with Crippen LogP contribution in [-0.4, -0.2) is 87.5 Å². The van der Waals surface area contributed by atoms with Crippen LogP contribution >= 0.6 is 0 Å². The van der Waals surface area contributed by atoms with Crippen LogP contribution in [0.3, 0.4) is 0 Å². The average Bonchev–Trinajstić information content (AvgIpc) is 2.88. The number of ether oxygens (including phenoxy) is 4. The molecule has 2 aromatic rings. The SMILES string of the molecule is COc1cc(C=NNc2nc(N3CCOCC3)nc(N3CCOCC3)n2)ccc1OCC#N. The molecule has 0 aliphatic carbocycles. The van der Waals surface area contributed by atoms with Crippen molar-refractivity contribution < 1.29 is 18.9 Å². The second-order valence-electron chi connectivity index (χ2n) is 7.18. The summed E-state index contributed by atoms with van der Waals surface area (Å²) in [6, 6.07) is 7.25. The molecular formula is C21H26N8O4. The predicted octanol–water partition coefficient (Wildman–Crippen LogP) is 0.902. The zero-order chi connectivity index (χ0) is 22.9. The minimum atomic E-state index is -0.0539. The quantitative estimate of drug-likeness (QED) is 0.451. The van der Waals surface area contributed by atoms with Gasteiger partial charge in [-0.2, -0.15) is 25.3 Å². The molecule has 1 N–H and O–H groups in total. The monoisotopic (exact) mass is 454 g/mol. The molecule has 2 saturated heterocycles. The molecule has 0 unspecified atom stereocenters. The molecule has 2 aliphatic rings. The summed E-state index contributed by atoms with van der Waals surface area (Å²) in [6.07, 6.45) is 1.63. The number of aromatic nitrogens is 3. The maximum Gasteiger partial charge on any atom is 0.250 e. The number of morpholine rings is 2. The number of anilines is 3. The number of hydrazone groups is 1. The molecular weight excluding hydrogens is 428 g/mol. The van der Waals surface area contributed by atoms with E-state index >= 15 is 0 Å². The number of hydrogen-bond acceptors (Lipinski definition) is 12. The highest BCUT2D eigenvalue weighted by Gasteiger charge is 2.20. The minimum absolute atomic E-state index is 0.0539. The molecule has 0 radical (unpaired) electrons. The number of nitrogens with zero attached hydrogens (tertiary/aromatic N) is 7. The Bertz CT molecular complexity index is 964. The van der Waals surface area contributed by atoms with E-state index in [9.17, 15) is 0 Å². The molecule has 3 heterocycles. The number of hydrogen-bond donors (Lipinski definition) is 1. The van der Waals surface area contributed by atoms with Crippen LogP contribution in [0.2, 0.25) is 0 Å². The van der Waals surface area contributed by atoms with Gasteiger partial charge in [0.25, 0.3) is 0 Å². The lowest BCUT2D eigenvalue weighted by Gasteiger charge is -2.30. The van der Waals surface area contributed by atoms with Crippen LogP contribution in [0.1, 0.15) is 5.56 Å². The van der Waals surface area contributed by atoms with Crippen molar-refractivity contribution in [2.24, 2.45) is 5.10 Å². The van der Waals surface area contributed by atoms with Gasteiger partial charge in [-0.1, -0.05) is 0 Å². The molecule has 2 aliphatic heterocycles. The van der Waals surface area contributed by atoms with Gasteiger partial charge in [-0.05, 0) is 23.8 Å². The predicted molar refractivity (Wildman–Crippen MR) is 121 cm³/mol. The van der Waals surface area contributed by atoms with Crippen LogP contribution in [0.15, 0.2) is 23.3 Å². The van der Waals surface area contributed by atoms with Gasteiger partial charge in [0.2, 0.25) is 17.8 Å². The van der Waals surface area contributed by atoms with Gasteiger partial charge in [0, 0.05) is 26.2 Å². The van der Waals surface area contributed by atoms with E-state index in [2.05, 4.69) is 35.3 Å². The Morgan fingerprint density at radius 3 is 2.24 bits per heavy atom. The van der Waals surface area contributed by atoms with Crippen molar-refractivity contribution in [3.8, 4) is 17.6 Å². The van der Waals surface area contributed by atoms with Gasteiger partial charge in [0.1, 0.15) is 6.07 Å². The van der Waals surface area contributed by atoms with Crippen molar-refractivity contribution in [3.05, 3.63) is 23.8 Å². The van der Waals surface area contributed by atoms with Crippen molar-refractivity contribution in [3.63, 3.8) is 0 Å². The summed E-state index contributed by atoms with van der Waals surface area (Å²) in [5.41, 5.74) is 3.69. The molecule has 12 heteroatoms. The fraction of sp³-hybridized carbons (Fsp3) is 0.476. The molecule has 12 nitrogen and oxygen atoms in total. The van der Waals surface area contributed by atoms with E-state index < -0.39 is 0 Å². The Balaban J connectivity index is 1.51. The molecule has 0 atom stereocenters. The summed E-state index contributed by atoms with van der Waals surface area (Å²) in [5, 5.41) is 13.0. The molecule has 1 aromatic heterocycles. The molecule has 0 amide bonds. The van der Waals surface area contributed by atoms with E-state index in [1.54, 1.807) is 25.5 Å². The summed E-state index contributed by atoms with van der Waals surface area (Å²) in [7, 11) is 1.54. The molecule has 0 saturated carbocycles. The van der Waals surface area contributed by atoms with Crippen molar-refractivity contribution in [1.29, 1.82) is 5.26 Å². The first-order valence-corrected chi connectivity index (χ1v) is 10.6. The van der Waals surface area contributed by atoms with Gasteiger partial charge in [-0.3, -0.25) is 0 Å². The Kier molecular flexibility index (Phi) is 7.68. The van der Waals surface area contributed by atoms with Gasteiger partial charge in [-0.25, -0.2) is 5.43 Å². The van der Waals surface area contributed by atoms with Gasteiger partial charge in [0.15, 0.2) is 18.1 Å². The zero-order valence-corrected chi connectivity index (χ0v) is 18.4. The van der Waals surface area contributed by atoms with Crippen molar-refractivity contribution >= 4 is 24.1 Å². The first-order valence-electron chi connectivity index (χ1n) is 10.6. The normalized spacial score (nSPS) is 16.5. The summed E-state index contributed by atoms with van der Waals surface area (Å²) in [5.74, 6) is 2.54. The number of benzene rings is 1. The summed E-state index contributed by atoms with van der Waals surface area (Å²) in [4.78, 5) is 17.9. The number of methoxy groups -OCH3 is 1. The van der Waals surface area contributed by atoms with Gasteiger partial charge < -0.3 is 28.7 Å². The van der Waals surface area contributed by atoms with Crippen LogP contribution in [0.4, 0.5) is 17.8 Å². The van der Waals surface area contributed by atoms with Crippen LogP contribution in [0.25, 0.3) is 0 Å². The van der Waals surface area contributed by atoms with E-state index in [1.807, 2.05) is 12.1 Å². The third-order valence-corrected chi connectivity index (χ3v) is 5.06. The number of nitriles is 1. The molecule has 33 heavy (non-hydrogen) atoms. The molecule has 2 fully saturated rings. The summed E-state index contributed by atoms with van der Waals surface area (Å²) >= 11 is 0. The van der Waals surface area contributed by atoms with E-state index in [0.29, 0.717) is 55.8 Å². The van der Waals surface area contributed by atoms with E-state index in [0.717, 1.165) is 31.7 Å². The summed E-state index contributed by atoms with van der Waals surface area (Å²) < 4.78 is 21.6. The van der Waals surface area contributed by atoms with Gasteiger partial charge >= 0.3 is 0 Å². The number of nitrogens with one attached hydrogen (secondary N) is 1. The van der Waals surface area contributed by atoms with Gasteiger partial charge in [0.05, 0.1) is 39.8 Å². The molecule has 174 valence electrons. The second kappa shape index (κ2) is 11.3. The standard InChI is InChI=1S/C21H26N8O4/c1-30-18-14-16(2-3-17(18)33-9-4-22)15-23-27-19-24-20(28-5-10-31-11-6-28)26-21(25-19)29-7-12-32-13-8-29/h2-3,14-15H,5-13H2,1H3,(H,24,25,26,27). The third-order valence-electron chi connectivity index (χ3n) is 5.06. The Hall–Kier alpha value is -3.69. The highest BCUT2D eigenvalue weighted by atomic mass is 16.5. The Morgan fingerprint density at radius 1 is 1.03 bits per heavy atom. The molecule has 0 bridgehead atoms. The van der Waals surface area contributed by atoms with Crippen LogP contribution < -0.4 is 24.7 Å². The fourth-order valence-corrected chi connectivity index (χ4v) is 3.37. The van der Waals surface area contributed by atoms with Crippen molar-refractivity contribution in [1.82, 2.24) is 15.0 Å². The lowest BCUT2D eigenvalue weighted by Crippen LogP contribution is -2.40. The lowest BCUT2D eigenvalue weighted by molar-refractivity contribution is 0.121. The second-order valence-corrected chi connectivity index (χ2v) is 7.18. The average molecular weight is 454 g/mol. The van der Waals surface area contributed by atoms with E-state index in [1.165, 1.54) is 0 Å². The fourth-order valence-electron chi connectivity index (χ4n) is 3.37. The highest BCUT2D eigenvalue weighted by molar-refractivity contribution is 5.81. The Labute approximate surface area is 191 Å². The first-order chi connectivity index (χ1) is 16.3. The lowest BCUT2D eigenvalue weighted by atomic mass is 10.2. The number of rotatable bonds is 8. The van der Waals surface area contributed by atoms with Gasteiger partial charge in [-0.15, -0.1) is 0 Å². The maximum absolute atomic E-state index is 8.70. The van der Waals surface area contributed by atoms with Crippen LogP contribution in [-0.2, 0) is 9.47 Å². The van der Waals surface area contributed by atoms with Crippen molar-refractivity contribution in [2.45, 2.75) is 0 Å². The molecule has 0 spiro atoms. The summed E-state index contributed by atoms with van der Waals surface area (Å²) in [6.45, 7) is 5.35. The third kappa shape index (κ3) is 5.97. The van der Waals surface area contributed by atoms with Crippen LogP contribution in [0, 0.1) is 11.3 Å². The van der Waals surface area contributed by atoms with E-state index in [-0.39, 0.29) is 6.61 Å². The molecule has 4 rings (SSSR count). The molecule has 1 aromatic carbocycles. The van der Waals surface area contributed by atoms with Crippen molar-refractivity contribution in [2.75, 3.05) is 81.5 Å². The zero-order valence-electron chi connectivity index (χ0n) is 18.4. The highest BCUT2D eigenvalue weighted by Crippen LogP contribution is 2.27. The minimum Gasteiger partial charge on any atom is -0.493 e. The van der Waals surface area contributed by atoms with Crippen LogP contribution in [0.5, 0.6) is 11.5 Å². The maximum atomic E-state index is 8.70. The topological polar surface area (TPSA) is 130 Å². The van der Waals surface area contributed by atoms with E-state index in [4.69, 9.17) is 24.2 Å². The largest absolute Gasteiger partial charge is 0.493 e. The first kappa shape index (κ1) is 22.5. The Morgan fingerprint density at radius 2 is 1.67 bits per heavy atom. The smallest absolute Gasteiger partial charge is 0.250 e.